The van der Waals surface area contributed by atoms with Gasteiger partial charge in [0, 0.05) is 12.8 Å². The summed E-state index contributed by atoms with van der Waals surface area (Å²) in [6.45, 7) is 0. The van der Waals surface area contributed by atoms with Crippen molar-refractivity contribution in [1.82, 2.24) is 5.32 Å². The van der Waals surface area contributed by atoms with Gasteiger partial charge in [0.15, 0.2) is 0 Å². The first kappa shape index (κ1) is 15.5. The molecule has 7 heteroatoms. The van der Waals surface area contributed by atoms with Crippen molar-refractivity contribution in [2.24, 2.45) is 0 Å². The Morgan fingerprint density at radius 2 is 1.65 bits per heavy atom. The first-order chi connectivity index (χ1) is 9.38. The second kappa shape index (κ2) is 7.13. The Morgan fingerprint density at radius 1 is 1.05 bits per heavy atom. The molecule has 1 aromatic rings. The lowest BCUT2D eigenvalue weighted by Crippen LogP contribution is -2.42. The number of amides is 1. The molecule has 4 N–H and O–H groups in total. The molecule has 0 bridgehead atoms. The SMILES string of the molecule is O=C(O)CCC(=O)N[C@H](Cc1ccc(O)cc1)C(=O)O. The first-order valence-electron chi connectivity index (χ1n) is 5.90. The summed E-state index contributed by atoms with van der Waals surface area (Å²) in [5.41, 5.74) is 0.633. The van der Waals surface area contributed by atoms with Crippen LogP contribution in [0.2, 0.25) is 0 Å². The molecule has 0 heterocycles. The smallest absolute Gasteiger partial charge is 0.326 e. The van der Waals surface area contributed by atoms with Crippen molar-refractivity contribution in [3.05, 3.63) is 29.8 Å². The number of carbonyl (C=O) groups is 3. The average Bonchev–Trinajstić information content (AvgIpc) is 2.38. The van der Waals surface area contributed by atoms with E-state index in [0.717, 1.165) is 0 Å². The van der Waals surface area contributed by atoms with Crippen molar-refractivity contribution in [3.63, 3.8) is 0 Å². The number of carboxylic acid groups (broad SMARTS) is 2. The quantitative estimate of drug-likeness (QED) is 0.572. The molecule has 1 amide bonds. The highest BCUT2D eigenvalue weighted by molar-refractivity contribution is 5.85. The zero-order valence-electron chi connectivity index (χ0n) is 10.6. The minimum Gasteiger partial charge on any atom is -0.508 e. The number of rotatable bonds is 7. The van der Waals surface area contributed by atoms with Crippen molar-refractivity contribution in [2.75, 3.05) is 0 Å². The van der Waals surface area contributed by atoms with Gasteiger partial charge in [-0.05, 0) is 17.7 Å². The maximum absolute atomic E-state index is 11.4. The molecule has 1 rings (SSSR count). The van der Waals surface area contributed by atoms with E-state index in [2.05, 4.69) is 5.32 Å². The molecule has 0 radical (unpaired) electrons. The molecular formula is C13H15NO6. The van der Waals surface area contributed by atoms with Gasteiger partial charge in [0.05, 0.1) is 6.42 Å². The summed E-state index contributed by atoms with van der Waals surface area (Å²) < 4.78 is 0. The van der Waals surface area contributed by atoms with E-state index in [0.29, 0.717) is 5.56 Å². The zero-order valence-corrected chi connectivity index (χ0v) is 10.6. The van der Waals surface area contributed by atoms with Crippen LogP contribution < -0.4 is 5.32 Å². The highest BCUT2D eigenvalue weighted by Crippen LogP contribution is 2.11. The number of benzene rings is 1. The Hall–Kier alpha value is -2.57. The van der Waals surface area contributed by atoms with Crippen LogP contribution >= 0.6 is 0 Å². The minimum atomic E-state index is -1.21. The Bertz CT molecular complexity index is 496. The summed E-state index contributed by atoms with van der Waals surface area (Å²) in [5.74, 6) is -2.89. The molecule has 0 fully saturated rings. The Labute approximate surface area is 114 Å². The number of carboxylic acids is 2. The third-order valence-corrected chi connectivity index (χ3v) is 2.58. The monoisotopic (exact) mass is 281 g/mol. The molecule has 0 aliphatic rings. The van der Waals surface area contributed by atoms with E-state index in [1.807, 2.05) is 0 Å². The van der Waals surface area contributed by atoms with Gasteiger partial charge in [-0.25, -0.2) is 4.79 Å². The van der Waals surface area contributed by atoms with Crippen LogP contribution in [-0.2, 0) is 20.8 Å². The summed E-state index contributed by atoms with van der Waals surface area (Å²) >= 11 is 0. The Balaban J connectivity index is 2.60. The first-order valence-corrected chi connectivity index (χ1v) is 5.90. The summed E-state index contributed by atoms with van der Waals surface area (Å²) in [4.78, 5) is 32.8. The summed E-state index contributed by atoms with van der Waals surface area (Å²) in [6, 6.07) is 4.80. The molecule has 1 aromatic carbocycles. The van der Waals surface area contributed by atoms with Gasteiger partial charge in [0.1, 0.15) is 11.8 Å². The fraction of sp³-hybridized carbons (Fsp3) is 0.308. The third kappa shape index (κ3) is 5.38. The standard InChI is InChI=1S/C13H15NO6/c15-9-3-1-8(2-4-9)7-10(13(19)20)14-11(16)5-6-12(17)18/h1-4,10,15H,5-7H2,(H,14,16)(H,17,18)(H,19,20)/t10-/m1/s1. The predicted molar refractivity (Wildman–Crippen MR) is 68.2 cm³/mol. The molecule has 0 unspecified atom stereocenters. The fourth-order valence-electron chi connectivity index (χ4n) is 1.55. The second-order valence-corrected chi connectivity index (χ2v) is 4.22. The molecule has 1 atom stereocenters. The van der Waals surface area contributed by atoms with E-state index in [1.165, 1.54) is 12.1 Å². The number of phenolic OH excluding ortho intramolecular Hbond substituents is 1. The normalized spacial score (nSPS) is 11.6. The molecule has 0 aliphatic carbocycles. The predicted octanol–water partition coefficient (Wildman–Crippen LogP) is 0.369. The number of hydrogen-bond acceptors (Lipinski definition) is 4. The minimum absolute atomic E-state index is 0.0500. The lowest BCUT2D eigenvalue weighted by molar-refractivity contribution is -0.142. The van der Waals surface area contributed by atoms with Gasteiger partial charge in [0.25, 0.3) is 0 Å². The van der Waals surface area contributed by atoms with Crippen molar-refractivity contribution in [2.45, 2.75) is 25.3 Å². The lowest BCUT2D eigenvalue weighted by atomic mass is 10.1. The van der Waals surface area contributed by atoms with Gasteiger partial charge < -0.3 is 20.6 Å². The Kier molecular flexibility index (Phi) is 5.52. The largest absolute Gasteiger partial charge is 0.508 e. The number of carbonyl (C=O) groups excluding carboxylic acids is 1. The van der Waals surface area contributed by atoms with Crippen LogP contribution in [0.4, 0.5) is 0 Å². The number of aliphatic carboxylic acids is 2. The summed E-state index contributed by atoms with van der Waals surface area (Å²) in [7, 11) is 0. The van der Waals surface area contributed by atoms with Crippen LogP contribution in [-0.4, -0.2) is 39.2 Å². The Morgan fingerprint density at radius 3 is 2.15 bits per heavy atom. The summed E-state index contributed by atoms with van der Waals surface area (Å²) in [6.07, 6.45) is -0.569. The van der Waals surface area contributed by atoms with E-state index >= 15 is 0 Å². The van der Waals surface area contributed by atoms with Gasteiger partial charge in [-0.2, -0.15) is 0 Å². The van der Waals surface area contributed by atoms with Crippen LogP contribution in [0.15, 0.2) is 24.3 Å². The molecular weight excluding hydrogens is 266 g/mol. The van der Waals surface area contributed by atoms with Crippen LogP contribution in [0.1, 0.15) is 18.4 Å². The van der Waals surface area contributed by atoms with Gasteiger partial charge in [-0.3, -0.25) is 9.59 Å². The lowest BCUT2D eigenvalue weighted by Gasteiger charge is -2.14. The van der Waals surface area contributed by atoms with E-state index in [9.17, 15) is 14.4 Å². The van der Waals surface area contributed by atoms with Gasteiger partial charge in [0.2, 0.25) is 5.91 Å². The zero-order chi connectivity index (χ0) is 15.1. The highest BCUT2D eigenvalue weighted by Gasteiger charge is 2.20. The van der Waals surface area contributed by atoms with Crippen molar-refractivity contribution in [1.29, 1.82) is 0 Å². The van der Waals surface area contributed by atoms with E-state index < -0.39 is 23.9 Å². The van der Waals surface area contributed by atoms with E-state index in [-0.39, 0.29) is 25.0 Å². The maximum atomic E-state index is 11.4. The molecule has 0 saturated carbocycles. The van der Waals surface area contributed by atoms with Crippen molar-refractivity contribution in [3.8, 4) is 5.75 Å². The third-order valence-electron chi connectivity index (χ3n) is 2.58. The molecule has 0 aromatic heterocycles. The van der Waals surface area contributed by atoms with Crippen LogP contribution in [0.3, 0.4) is 0 Å². The highest BCUT2D eigenvalue weighted by atomic mass is 16.4. The number of phenols is 1. The van der Waals surface area contributed by atoms with Crippen molar-refractivity contribution >= 4 is 17.8 Å². The number of aromatic hydroxyl groups is 1. The van der Waals surface area contributed by atoms with E-state index in [4.69, 9.17) is 15.3 Å². The second-order valence-electron chi connectivity index (χ2n) is 4.22. The van der Waals surface area contributed by atoms with Gasteiger partial charge in [-0.1, -0.05) is 12.1 Å². The average molecular weight is 281 g/mol. The van der Waals surface area contributed by atoms with Crippen LogP contribution in [0, 0.1) is 0 Å². The van der Waals surface area contributed by atoms with Crippen molar-refractivity contribution < 1.29 is 29.7 Å². The molecule has 0 aliphatic heterocycles. The fourth-order valence-corrected chi connectivity index (χ4v) is 1.55. The molecule has 0 spiro atoms. The van der Waals surface area contributed by atoms with Gasteiger partial charge >= 0.3 is 11.9 Å². The summed E-state index contributed by atoms with van der Waals surface area (Å²) in [5, 5.41) is 28.9. The van der Waals surface area contributed by atoms with Crippen LogP contribution in [0.25, 0.3) is 0 Å². The van der Waals surface area contributed by atoms with Crippen LogP contribution in [0.5, 0.6) is 5.75 Å². The topological polar surface area (TPSA) is 124 Å². The molecule has 20 heavy (non-hydrogen) atoms. The maximum Gasteiger partial charge on any atom is 0.326 e. The van der Waals surface area contributed by atoms with Gasteiger partial charge in [-0.15, -0.1) is 0 Å². The number of nitrogens with one attached hydrogen (secondary N) is 1. The molecule has 108 valence electrons. The number of hydrogen-bond donors (Lipinski definition) is 4. The molecule has 7 nitrogen and oxygen atoms in total. The molecule has 0 saturated heterocycles. The van der Waals surface area contributed by atoms with E-state index in [1.54, 1.807) is 12.1 Å².